The summed E-state index contributed by atoms with van der Waals surface area (Å²) in [7, 11) is 6.24. The van der Waals surface area contributed by atoms with Crippen molar-refractivity contribution >= 4 is 5.82 Å². The van der Waals surface area contributed by atoms with Crippen LogP contribution < -0.4 is 24.7 Å². The van der Waals surface area contributed by atoms with Gasteiger partial charge in [-0.25, -0.2) is 4.98 Å². The van der Waals surface area contributed by atoms with E-state index in [9.17, 15) is 5.26 Å². The number of hydrogen-bond donors (Lipinski definition) is 1. The quantitative estimate of drug-likeness (QED) is 0.680. The molecular weight excluding hydrogens is 370 g/mol. The molecule has 3 aromatic rings. The van der Waals surface area contributed by atoms with Gasteiger partial charge in [0.05, 0.1) is 34.1 Å². The predicted molar refractivity (Wildman–Crippen MR) is 110 cm³/mol. The molecule has 29 heavy (non-hydrogen) atoms. The Morgan fingerprint density at radius 3 is 1.97 bits per heavy atom. The number of anilines is 1. The average molecular weight is 391 g/mol. The third kappa shape index (κ3) is 3.73. The zero-order valence-corrected chi connectivity index (χ0v) is 16.6. The molecule has 7 nitrogen and oxygen atoms in total. The largest absolute Gasteiger partial charge is 0.497 e. The normalized spacial score (nSPS) is 10.2. The van der Waals surface area contributed by atoms with E-state index in [4.69, 9.17) is 24.7 Å². The maximum Gasteiger partial charge on any atom is 0.164 e. The maximum atomic E-state index is 9.70. The van der Waals surface area contributed by atoms with E-state index in [-0.39, 0.29) is 11.4 Å². The Kier molecular flexibility index (Phi) is 5.74. The Balaban J connectivity index is 2.26. The summed E-state index contributed by atoms with van der Waals surface area (Å²) in [4.78, 5) is 4.41. The van der Waals surface area contributed by atoms with E-state index in [0.29, 0.717) is 34.1 Å². The highest BCUT2D eigenvalue weighted by atomic mass is 16.5. The SMILES string of the molecule is COc1ccc(-c2cc(-c3cc(OC)c(OC)cc3OC)c(C#N)c(N)n2)cc1. The Labute approximate surface area is 169 Å². The monoisotopic (exact) mass is 391 g/mol. The van der Waals surface area contributed by atoms with E-state index >= 15 is 0 Å². The molecule has 0 aliphatic carbocycles. The van der Waals surface area contributed by atoms with Crippen LogP contribution in [0.4, 0.5) is 5.82 Å². The van der Waals surface area contributed by atoms with Crippen LogP contribution in [0.1, 0.15) is 5.56 Å². The van der Waals surface area contributed by atoms with Gasteiger partial charge in [-0.1, -0.05) is 0 Å². The molecule has 0 saturated heterocycles. The van der Waals surface area contributed by atoms with Crippen LogP contribution >= 0.6 is 0 Å². The summed E-state index contributed by atoms with van der Waals surface area (Å²) in [6, 6.07) is 14.8. The van der Waals surface area contributed by atoms with Crippen LogP contribution in [0.2, 0.25) is 0 Å². The second kappa shape index (κ2) is 8.40. The smallest absolute Gasteiger partial charge is 0.164 e. The van der Waals surface area contributed by atoms with Crippen LogP contribution in [0.25, 0.3) is 22.4 Å². The lowest BCUT2D eigenvalue weighted by Gasteiger charge is -2.16. The Hall–Kier alpha value is -3.92. The van der Waals surface area contributed by atoms with Crippen LogP contribution in [-0.4, -0.2) is 33.4 Å². The van der Waals surface area contributed by atoms with Crippen molar-refractivity contribution in [2.75, 3.05) is 34.2 Å². The third-order valence-corrected chi connectivity index (χ3v) is 4.54. The van der Waals surface area contributed by atoms with Gasteiger partial charge >= 0.3 is 0 Å². The number of nitrogen functional groups attached to an aromatic ring is 1. The number of rotatable bonds is 6. The molecule has 0 saturated carbocycles. The summed E-state index contributed by atoms with van der Waals surface area (Å²) in [6.45, 7) is 0. The summed E-state index contributed by atoms with van der Waals surface area (Å²) >= 11 is 0. The van der Waals surface area contributed by atoms with Crippen molar-refractivity contribution < 1.29 is 18.9 Å². The molecule has 0 amide bonds. The van der Waals surface area contributed by atoms with Crippen LogP contribution in [0.5, 0.6) is 23.0 Å². The third-order valence-electron chi connectivity index (χ3n) is 4.54. The van der Waals surface area contributed by atoms with E-state index in [1.54, 1.807) is 46.6 Å². The number of methoxy groups -OCH3 is 4. The fourth-order valence-corrected chi connectivity index (χ4v) is 3.04. The Bertz CT molecular complexity index is 1070. The summed E-state index contributed by atoms with van der Waals surface area (Å²) in [5.41, 5.74) is 9.07. The first kappa shape index (κ1) is 19.8. The van der Waals surface area contributed by atoms with Gasteiger partial charge in [0.25, 0.3) is 0 Å². The van der Waals surface area contributed by atoms with Gasteiger partial charge in [-0.15, -0.1) is 0 Å². The van der Waals surface area contributed by atoms with E-state index in [1.165, 1.54) is 0 Å². The number of nitriles is 1. The van der Waals surface area contributed by atoms with Crippen LogP contribution in [0.3, 0.4) is 0 Å². The van der Waals surface area contributed by atoms with Gasteiger partial charge in [0.1, 0.15) is 28.9 Å². The number of hydrogen-bond acceptors (Lipinski definition) is 7. The Morgan fingerprint density at radius 2 is 1.41 bits per heavy atom. The summed E-state index contributed by atoms with van der Waals surface area (Å²) < 4.78 is 21.5. The molecule has 2 N–H and O–H groups in total. The van der Waals surface area contributed by atoms with Gasteiger partial charge in [0, 0.05) is 22.8 Å². The van der Waals surface area contributed by atoms with Gasteiger partial charge in [0.2, 0.25) is 0 Å². The summed E-state index contributed by atoms with van der Waals surface area (Å²) in [5.74, 6) is 2.41. The average Bonchev–Trinajstić information content (AvgIpc) is 2.77. The standard InChI is InChI=1S/C22H21N3O4/c1-26-14-7-5-13(6-8-14)18-9-15(17(12-23)22(24)25-18)16-10-20(28-3)21(29-4)11-19(16)27-2/h5-11H,1-4H3,(H2,24,25). The molecule has 0 radical (unpaired) electrons. The molecule has 7 heteroatoms. The van der Waals surface area contributed by atoms with E-state index in [1.807, 2.05) is 24.3 Å². The van der Waals surface area contributed by atoms with Gasteiger partial charge in [-0.2, -0.15) is 5.26 Å². The first-order valence-electron chi connectivity index (χ1n) is 8.71. The van der Waals surface area contributed by atoms with Crippen LogP contribution in [0.15, 0.2) is 42.5 Å². The van der Waals surface area contributed by atoms with Crippen molar-refractivity contribution in [1.29, 1.82) is 5.26 Å². The number of benzene rings is 2. The second-order valence-electron chi connectivity index (χ2n) is 6.06. The lowest BCUT2D eigenvalue weighted by atomic mass is 9.97. The predicted octanol–water partition coefficient (Wildman–Crippen LogP) is 3.90. The zero-order valence-electron chi connectivity index (χ0n) is 16.6. The first-order valence-corrected chi connectivity index (χ1v) is 8.71. The number of aromatic nitrogens is 1. The minimum atomic E-state index is 0.132. The van der Waals surface area contributed by atoms with Crippen molar-refractivity contribution in [2.45, 2.75) is 0 Å². The van der Waals surface area contributed by atoms with Crippen molar-refractivity contribution in [3.8, 4) is 51.5 Å². The second-order valence-corrected chi connectivity index (χ2v) is 6.06. The highest BCUT2D eigenvalue weighted by Gasteiger charge is 2.19. The maximum absolute atomic E-state index is 9.70. The minimum Gasteiger partial charge on any atom is -0.497 e. The van der Waals surface area contributed by atoms with E-state index < -0.39 is 0 Å². The van der Waals surface area contributed by atoms with Crippen molar-refractivity contribution in [3.63, 3.8) is 0 Å². The summed E-state index contributed by atoms with van der Waals surface area (Å²) in [6.07, 6.45) is 0. The molecule has 0 aliphatic rings. The molecule has 1 aromatic heterocycles. The molecule has 3 rings (SSSR count). The fourth-order valence-electron chi connectivity index (χ4n) is 3.04. The van der Waals surface area contributed by atoms with Crippen LogP contribution in [-0.2, 0) is 0 Å². The van der Waals surface area contributed by atoms with Gasteiger partial charge < -0.3 is 24.7 Å². The van der Waals surface area contributed by atoms with Crippen molar-refractivity contribution in [3.05, 3.63) is 48.0 Å². The fraction of sp³-hybridized carbons (Fsp3) is 0.182. The van der Waals surface area contributed by atoms with Gasteiger partial charge in [-0.05, 0) is 36.4 Å². The highest BCUT2D eigenvalue weighted by Crippen LogP contribution is 2.42. The molecule has 0 atom stereocenters. The summed E-state index contributed by atoms with van der Waals surface area (Å²) in [5, 5.41) is 9.70. The Morgan fingerprint density at radius 1 is 0.793 bits per heavy atom. The van der Waals surface area contributed by atoms with E-state index in [2.05, 4.69) is 11.1 Å². The zero-order chi connectivity index (χ0) is 21.0. The molecule has 2 aromatic carbocycles. The molecule has 148 valence electrons. The molecular formula is C22H21N3O4. The minimum absolute atomic E-state index is 0.132. The highest BCUT2D eigenvalue weighted by molar-refractivity contribution is 5.84. The molecule has 0 unspecified atom stereocenters. The molecule has 0 aliphatic heterocycles. The number of ether oxygens (including phenoxy) is 4. The first-order chi connectivity index (χ1) is 14.1. The molecule has 1 heterocycles. The number of pyridine rings is 1. The van der Waals surface area contributed by atoms with Crippen molar-refractivity contribution in [2.24, 2.45) is 0 Å². The van der Waals surface area contributed by atoms with Crippen LogP contribution in [0, 0.1) is 11.3 Å². The van der Waals surface area contributed by atoms with Crippen molar-refractivity contribution in [1.82, 2.24) is 4.98 Å². The van der Waals surface area contributed by atoms with Gasteiger partial charge in [-0.3, -0.25) is 0 Å². The molecule has 0 bridgehead atoms. The lowest BCUT2D eigenvalue weighted by molar-refractivity contribution is 0.349. The lowest BCUT2D eigenvalue weighted by Crippen LogP contribution is -2.01. The van der Waals surface area contributed by atoms with E-state index in [0.717, 1.165) is 11.3 Å². The number of nitrogens with two attached hydrogens (primary N) is 1. The number of nitrogens with zero attached hydrogens (tertiary/aromatic N) is 2. The molecule has 0 spiro atoms. The molecule has 0 fully saturated rings. The van der Waals surface area contributed by atoms with Gasteiger partial charge in [0.15, 0.2) is 11.5 Å². The topological polar surface area (TPSA) is 99.6 Å².